The van der Waals surface area contributed by atoms with Crippen LogP contribution in [0.25, 0.3) is 22.5 Å². The quantitative estimate of drug-likeness (QED) is 0.148. The van der Waals surface area contributed by atoms with Crippen molar-refractivity contribution < 1.29 is 48.9 Å². The van der Waals surface area contributed by atoms with Crippen LogP contribution in [0.4, 0.5) is 8.78 Å². The number of nitrogens with zero attached hydrogens (tertiary/aromatic N) is 6. The zero-order chi connectivity index (χ0) is 31.8. The van der Waals surface area contributed by atoms with Crippen molar-refractivity contribution in [1.29, 1.82) is 0 Å². The molecule has 10 atom stereocenters. The molecule has 0 radical (unpaired) electrons. The maximum atomic E-state index is 13.8. The van der Waals surface area contributed by atoms with Crippen molar-refractivity contribution >= 4 is 11.8 Å². The summed E-state index contributed by atoms with van der Waals surface area (Å²) in [5.41, 5.74) is -1.10. The highest BCUT2D eigenvalue weighted by Gasteiger charge is 2.51. The predicted octanol–water partition coefficient (Wildman–Crippen LogP) is -0.125. The van der Waals surface area contributed by atoms with Gasteiger partial charge in [0.2, 0.25) is 0 Å². The van der Waals surface area contributed by atoms with Gasteiger partial charge in [-0.05, 0) is 24.3 Å². The van der Waals surface area contributed by atoms with E-state index in [0.717, 1.165) is 11.8 Å². The molecule has 5 unspecified atom stereocenters. The molecule has 2 saturated heterocycles. The van der Waals surface area contributed by atoms with Gasteiger partial charge in [-0.3, -0.25) is 0 Å². The van der Waals surface area contributed by atoms with Gasteiger partial charge in [0.1, 0.15) is 82.6 Å². The first-order valence-corrected chi connectivity index (χ1v) is 14.9. The third-order valence-electron chi connectivity index (χ3n) is 7.84. The van der Waals surface area contributed by atoms with Gasteiger partial charge in [0.05, 0.1) is 25.6 Å². The largest absolute Gasteiger partial charge is 0.394 e. The van der Waals surface area contributed by atoms with Crippen LogP contribution in [0.3, 0.4) is 0 Å². The fourth-order valence-corrected chi connectivity index (χ4v) is 6.84. The van der Waals surface area contributed by atoms with E-state index in [2.05, 4.69) is 20.6 Å². The predicted molar refractivity (Wildman–Crippen MR) is 152 cm³/mol. The monoisotopic (exact) mass is 648 g/mol. The molecule has 0 spiro atoms. The van der Waals surface area contributed by atoms with Gasteiger partial charge in [-0.1, -0.05) is 46.5 Å². The molecular formula is C28H30F2N6O8S. The van der Waals surface area contributed by atoms with Gasteiger partial charge in [-0.2, -0.15) is 0 Å². The lowest BCUT2D eigenvalue weighted by atomic mass is 9.97. The molecule has 14 nitrogen and oxygen atoms in total. The average Bonchev–Trinajstić information content (AvgIpc) is 3.71. The molecule has 4 heterocycles. The van der Waals surface area contributed by atoms with Gasteiger partial charge in [0.15, 0.2) is 0 Å². The van der Waals surface area contributed by atoms with E-state index in [1.165, 1.54) is 58.2 Å². The van der Waals surface area contributed by atoms with Crippen LogP contribution in [0, 0.1) is 11.6 Å². The topological polar surface area (TPSA) is 201 Å². The number of benzene rings is 2. The van der Waals surface area contributed by atoms with Gasteiger partial charge >= 0.3 is 0 Å². The summed E-state index contributed by atoms with van der Waals surface area (Å²) < 4.78 is 41.5. The van der Waals surface area contributed by atoms with Crippen LogP contribution in [0.1, 0.15) is 12.1 Å². The number of rotatable bonds is 8. The first-order valence-electron chi connectivity index (χ1n) is 13.9. The van der Waals surface area contributed by atoms with E-state index in [-0.39, 0.29) is 11.4 Å². The number of halogens is 2. The molecular weight excluding hydrogens is 618 g/mol. The molecule has 2 aromatic carbocycles. The molecule has 2 fully saturated rings. The Kier molecular flexibility index (Phi) is 9.23. The summed E-state index contributed by atoms with van der Waals surface area (Å²) in [6.07, 6.45) is -5.48. The van der Waals surface area contributed by atoms with Crippen molar-refractivity contribution in [2.24, 2.45) is 0 Å². The van der Waals surface area contributed by atoms with Crippen LogP contribution in [0.2, 0.25) is 0 Å². The van der Waals surface area contributed by atoms with Gasteiger partial charge < -0.3 is 40.1 Å². The Morgan fingerprint density at radius 2 is 1.09 bits per heavy atom. The number of thioether (sulfide) groups is 1. The highest BCUT2D eigenvalue weighted by Crippen LogP contribution is 2.42. The molecule has 6 rings (SSSR count). The van der Waals surface area contributed by atoms with E-state index in [4.69, 9.17) is 9.47 Å². The second-order valence-corrected chi connectivity index (χ2v) is 11.9. The molecule has 0 bridgehead atoms. The summed E-state index contributed by atoms with van der Waals surface area (Å²) in [5.74, 6) is -0.978. The van der Waals surface area contributed by atoms with E-state index < -0.39 is 84.4 Å². The summed E-state index contributed by atoms with van der Waals surface area (Å²) in [6.45, 7) is -1.27. The summed E-state index contributed by atoms with van der Waals surface area (Å²) in [5, 5.41) is 80.8. The van der Waals surface area contributed by atoms with Crippen molar-refractivity contribution in [3.05, 3.63) is 72.6 Å². The number of aromatic nitrogens is 6. The van der Waals surface area contributed by atoms with Gasteiger partial charge in [-0.25, -0.2) is 18.1 Å². The average molecular weight is 649 g/mol. The standard InChI is InChI=1S/C28H30F2N6O8S/c29-15-5-1-3-13(7-15)17-9-35(33-31-17)21-23(39)19(11-37)43-27(25(21)41)45-28-26(42)22(24(40)20(12-38)44-28)36-10-18(32-34-36)14-4-2-6-16(30)8-14/h1-10,19-28,37-42H,11-12H2/t19?,20?,21?,22?,23-,24-,25-,26?,27-,28-/m0/s1. The van der Waals surface area contributed by atoms with Crippen LogP contribution in [-0.4, -0.2) is 121 Å². The molecule has 0 amide bonds. The van der Waals surface area contributed by atoms with E-state index in [1.54, 1.807) is 12.1 Å². The molecule has 2 aliphatic rings. The Morgan fingerprint density at radius 1 is 0.667 bits per heavy atom. The van der Waals surface area contributed by atoms with Crippen LogP contribution in [0.5, 0.6) is 0 Å². The highest BCUT2D eigenvalue weighted by atomic mass is 32.2. The van der Waals surface area contributed by atoms with Gasteiger partial charge in [-0.15, -0.1) is 10.2 Å². The van der Waals surface area contributed by atoms with E-state index in [0.29, 0.717) is 11.1 Å². The van der Waals surface area contributed by atoms with Crippen molar-refractivity contribution in [3.63, 3.8) is 0 Å². The molecule has 4 aromatic rings. The molecule has 6 N–H and O–H groups in total. The SMILES string of the molecule is OCC1O[C@@H](S[C@@H]2OC(CO)[C@H](O)C(n3cc(-c4cccc(F)c4)nn3)[C@@H]2O)C(O)C(n2cc(-c3cccc(F)c3)nn2)[C@H]1O. The molecule has 2 aromatic heterocycles. The second-order valence-electron chi connectivity index (χ2n) is 10.7. The van der Waals surface area contributed by atoms with Crippen molar-refractivity contribution in [2.45, 2.75) is 59.6 Å². The molecule has 2 aliphatic heterocycles. The Labute approximate surface area is 258 Å². The molecule has 0 aliphatic carbocycles. The second kappa shape index (κ2) is 13.1. The minimum atomic E-state index is -1.51. The summed E-state index contributed by atoms with van der Waals surface area (Å²) >= 11 is 0.796. The third kappa shape index (κ3) is 6.23. The lowest BCUT2D eigenvalue weighted by Crippen LogP contribution is -2.58. The fraction of sp³-hybridized carbons (Fsp3) is 0.429. The summed E-state index contributed by atoms with van der Waals surface area (Å²) in [4.78, 5) is 0. The normalized spacial score (nSPS) is 32.1. The fourth-order valence-electron chi connectivity index (χ4n) is 5.52. The third-order valence-corrected chi connectivity index (χ3v) is 9.15. The van der Waals surface area contributed by atoms with E-state index in [9.17, 15) is 39.4 Å². The first kappa shape index (κ1) is 31.6. The Bertz CT molecular complexity index is 1500. The maximum Gasteiger partial charge on any atom is 0.134 e. The Balaban J connectivity index is 1.25. The molecule has 240 valence electrons. The van der Waals surface area contributed by atoms with Crippen molar-refractivity contribution in [3.8, 4) is 22.5 Å². The van der Waals surface area contributed by atoms with Crippen molar-refractivity contribution in [2.75, 3.05) is 13.2 Å². The minimum Gasteiger partial charge on any atom is -0.394 e. The zero-order valence-corrected chi connectivity index (χ0v) is 24.1. The molecule has 0 saturated carbocycles. The van der Waals surface area contributed by atoms with E-state index >= 15 is 0 Å². The van der Waals surface area contributed by atoms with E-state index in [1.807, 2.05) is 0 Å². The number of aliphatic hydroxyl groups excluding tert-OH is 6. The summed E-state index contributed by atoms with van der Waals surface area (Å²) in [6, 6.07) is 8.88. The smallest absolute Gasteiger partial charge is 0.134 e. The Hall–Kier alpha value is -3.39. The maximum absolute atomic E-state index is 13.8. The number of ether oxygens (including phenoxy) is 2. The number of hydrogen-bond donors (Lipinski definition) is 6. The van der Waals surface area contributed by atoms with Crippen LogP contribution < -0.4 is 0 Å². The van der Waals surface area contributed by atoms with Gasteiger partial charge in [0, 0.05) is 11.1 Å². The van der Waals surface area contributed by atoms with Crippen LogP contribution in [-0.2, 0) is 9.47 Å². The Morgan fingerprint density at radius 3 is 1.47 bits per heavy atom. The number of aliphatic hydroxyl groups is 6. The number of hydrogen-bond acceptors (Lipinski definition) is 13. The zero-order valence-electron chi connectivity index (χ0n) is 23.3. The van der Waals surface area contributed by atoms with Crippen molar-refractivity contribution in [1.82, 2.24) is 30.0 Å². The molecule has 17 heteroatoms. The lowest BCUT2D eigenvalue weighted by molar-refractivity contribution is -0.189. The first-order chi connectivity index (χ1) is 21.7. The minimum absolute atomic E-state index is 0.268. The van der Waals surface area contributed by atoms with Crippen LogP contribution >= 0.6 is 11.8 Å². The van der Waals surface area contributed by atoms with Crippen LogP contribution in [0.15, 0.2) is 60.9 Å². The summed E-state index contributed by atoms with van der Waals surface area (Å²) in [7, 11) is 0. The van der Waals surface area contributed by atoms with Gasteiger partial charge in [0.25, 0.3) is 0 Å². The molecule has 45 heavy (non-hydrogen) atoms. The lowest BCUT2D eigenvalue weighted by Gasteiger charge is -2.46. The highest BCUT2D eigenvalue weighted by molar-refractivity contribution is 8.00.